The van der Waals surface area contributed by atoms with Crippen LogP contribution in [0, 0.1) is 0 Å². The number of ether oxygens (including phenoxy) is 3. The van der Waals surface area contributed by atoms with E-state index in [9.17, 15) is 14.4 Å². The first-order valence-corrected chi connectivity index (χ1v) is 10.7. The predicted octanol–water partition coefficient (Wildman–Crippen LogP) is 3.54. The van der Waals surface area contributed by atoms with E-state index in [-0.39, 0.29) is 30.4 Å². The van der Waals surface area contributed by atoms with Crippen LogP contribution < -0.4 is 14.8 Å². The number of nitrogens with one attached hydrogen (secondary N) is 1. The molecule has 2 amide bonds. The van der Waals surface area contributed by atoms with Crippen LogP contribution in [0.1, 0.15) is 29.6 Å². The lowest BCUT2D eigenvalue weighted by Crippen LogP contribution is -2.38. The second kappa shape index (κ2) is 11.4. The number of methoxy groups -OCH3 is 1. The first-order chi connectivity index (χ1) is 15.5. The minimum atomic E-state index is -0.687. The number of carbonyl (C=O) groups is 3. The van der Waals surface area contributed by atoms with Crippen LogP contribution in [-0.4, -0.2) is 56.1 Å². The monoisotopic (exact) mass is 460 g/mol. The van der Waals surface area contributed by atoms with E-state index in [1.165, 1.54) is 13.2 Å². The van der Waals surface area contributed by atoms with E-state index in [0.29, 0.717) is 29.5 Å². The lowest BCUT2D eigenvalue weighted by atomic mass is 10.1. The number of anilines is 1. The number of likely N-dealkylation sites (tertiary alicyclic amines) is 1. The molecule has 2 aromatic rings. The van der Waals surface area contributed by atoms with Gasteiger partial charge in [0, 0.05) is 18.8 Å². The highest BCUT2D eigenvalue weighted by molar-refractivity contribution is 6.32. The molecule has 1 saturated heterocycles. The average Bonchev–Trinajstić information content (AvgIpc) is 2.82. The van der Waals surface area contributed by atoms with Crippen molar-refractivity contribution in [2.24, 2.45) is 0 Å². The molecule has 1 N–H and O–H groups in total. The Hall–Kier alpha value is -3.26. The Morgan fingerprint density at radius 3 is 2.47 bits per heavy atom. The van der Waals surface area contributed by atoms with Crippen molar-refractivity contribution in [1.29, 1.82) is 0 Å². The summed E-state index contributed by atoms with van der Waals surface area (Å²) in [5, 5.41) is 3.02. The third-order valence-electron chi connectivity index (χ3n) is 4.94. The standard InChI is InChI=1S/C23H25ClN2O6/c1-30-20-10-9-16(13-18(20)24)25-21(27)14-31-19-8-4-3-7-17(19)23(29)32-15-22(28)26-11-5-2-6-12-26/h3-4,7-10,13H,2,5-6,11-12,14-15H2,1H3,(H,25,27). The molecule has 0 spiro atoms. The summed E-state index contributed by atoms with van der Waals surface area (Å²) in [6.45, 7) is 0.710. The molecule has 0 aliphatic carbocycles. The lowest BCUT2D eigenvalue weighted by molar-refractivity contribution is -0.135. The van der Waals surface area contributed by atoms with Crippen LogP contribution >= 0.6 is 11.6 Å². The number of para-hydroxylation sites is 1. The number of rotatable bonds is 8. The minimum absolute atomic E-state index is 0.138. The van der Waals surface area contributed by atoms with Crippen molar-refractivity contribution < 1.29 is 28.6 Å². The van der Waals surface area contributed by atoms with Gasteiger partial charge in [0.1, 0.15) is 17.1 Å². The van der Waals surface area contributed by atoms with Crippen LogP contribution in [-0.2, 0) is 14.3 Å². The quantitative estimate of drug-likeness (QED) is 0.605. The second-order valence-corrected chi connectivity index (χ2v) is 7.61. The Kier molecular flexibility index (Phi) is 8.33. The zero-order chi connectivity index (χ0) is 22.9. The predicted molar refractivity (Wildman–Crippen MR) is 119 cm³/mol. The van der Waals surface area contributed by atoms with Crippen molar-refractivity contribution in [2.45, 2.75) is 19.3 Å². The summed E-state index contributed by atoms with van der Waals surface area (Å²) in [6.07, 6.45) is 3.02. The summed E-state index contributed by atoms with van der Waals surface area (Å²) in [5.74, 6) is -0.657. The fraction of sp³-hybridized carbons (Fsp3) is 0.348. The smallest absolute Gasteiger partial charge is 0.342 e. The average molecular weight is 461 g/mol. The Balaban J connectivity index is 1.54. The molecule has 9 heteroatoms. The van der Waals surface area contributed by atoms with E-state index in [1.807, 2.05) is 0 Å². The molecule has 1 aliphatic rings. The summed E-state index contributed by atoms with van der Waals surface area (Å²) < 4.78 is 15.8. The zero-order valence-corrected chi connectivity index (χ0v) is 18.5. The van der Waals surface area contributed by atoms with Crippen LogP contribution in [0.25, 0.3) is 0 Å². The van der Waals surface area contributed by atoms with E-state index >= 15 is 0 Å². The highest BCUT2D eigenvalue weighted by Crippen LogP contribution is 2.27. The Morgan fingerprint density at radius 2 is 1.75 bits per heavy atom. The summed E-state index contributed by atoms with van der Waals surface area (Å²) in [5.41, 5.74) is 0.618. The number of carbonyl (C=O) groups excluding carboxylic acids is 3. The van der Waals surface area contributed by atoms with Gasteiger partial charge in [-0.1, -0.05) is 23.7 Å². The molecular formula is C23H25ClN2O6. The number of hydrogen-bond acceptors (Lipinski definition) is 6. The van der Waals surface area contributed by atoms with E-state index in [2.05, 4.69) is 5.32 Å². The molecule has 170 valence electrons. The fourth-order valence-electron chi connectivity index (χ4n) is 3.29. The van der Waals surface area contributed by atoms with E-state index in [4.69, 9.17) is 25.8 Å². The first-order valence-electron chi connectivity index (χ1n) is 10.3. The van der Waals surface area contributed by atoms with Gasteiger partial charge in [0.15, 0.2) is 13.2 Å². The van der Waals surface area contributed by atoms with Crippen LogP contribution in [0.5, 0.6) is 11.5 Å². The van der Waals surface area contributed by atoms with E-state index in [0.717, 1.165) is 19.3 Å². The molecule has 0 radical (unpaired) electrons. The van der Waals surface area contributed by atoms with Gasteiger partial charge in [0.25, 0.3) is 11.8 Å². The lowest BCUT2D eigenvalue weighted by Gasteiger charge is -2.26. The Morgan fingerprint density at radius 1 is 1.00 bits per heavy atom. The van der Waals surface area contributed by atoms with Gasteiger partial charge in [-0.25, -0.2) is 4.79 Å². The molecule has 32 heavy (non-hydrogen) atoms. The fourth-order valence-corrected chi connectivity index (χ4v) is 3.54. The van der Waals surface area contributed by atoms with Crippen LogP contribution in [0.2, 0.25) is 5.02 Å². The molecule has 1 aliphatic heterocycles. The van der Waals surface area contributed by atoms with Gasteiger partial charge < -0.3 is 24.4 Å². The van der Waals surface area contributed by atoms with Gasteiger partial charge >= 0.3 is 5.97 Å². The second-order valence-electron chi connectivity index (χ2n) is 7.20. The molecule has 2 aromatic carbocycles. The van der Waals surface area contributed by atoms with Gasteiger partial charge in [-0.05, 0) is 49.6 Å². The van der Waals surface area contributed by atoms with Crippen molar-refractivity contribution in [3.05, 3.63) is 53.1 Å². The van der Waals surface area contributed by atoms with Gasteiger partial charge in [-0.15, -0.1) is 0 Å². The molecule has 1 fully saturated rings. The van der Waals surface area contributed by atoms with Crippen LogP contribution in [0.4, 0.5) is 5.69 Å². The molecule has 8 nitrogen and oxygen atoms in total. The van der Waals surface area contributed by atoms with Crippen molar-refractivity contribution >= 4 is 35.1 Å². The maximum Gasteiger partial charge on any atom is 0.342 e. The number of hydrogen-bond donors (Lipinski definition) is 1. The molecule has 0 saturated carbocycles. The van der Waals surface area contributed by atoms with Gasteiger partial charge in [0.2, 0.25) is 0 Å². The Bertz CT molecular complexity index is 975. The third-order valence-corrected chi connectivity index (χ3v) is 5.23. The van der Waals surface area contributed by atoms with E-state index < -0.39 is 11.9 Å². The molecule has 0 aromatic heterocycles. The number of benzene rings is 2. The van der Waals surface area contributed by atoms with Gasteiger partial charge in [-0.2, -0.15) is 0 Å². The van der Waals surface area contributed by atoms with E-state index in [1.54, 1.807) is 41.3 Å². The number of halogens is 1. The minimum Gasteiger partial charge on any atom is -0.495 e. The first kappa shape index (κ1) is 23.4. The maximum absolute atomic E-state index is 12.5. The number of piperidine rings is 1. The van der Waals surface area contributed by atoms with Gasteiger partial charge in [-0.3, -0.25) is 9.59 Å². The normalized spacial score (nSPS) is 13.2. The van der Waals surface area contributed by atoms with Crippen molar-refractivity contribution in [2.75, 3.05) is 38.7 Å². The molecule has 0 unspecified atom stereocenters. The summed E-state index contributed by atoms with van der Waals surface area (Å²) in [7, 11) is 1.50. The zero-order valence-electron chi connectivity index (χ0n) is 17.8. The van der Waals surface area contributed by atoms with Gasteiger partial charge in [0.05, 0.1) is 12.1 Å². The number of nitrogens with zero attached hydrogens (tertiary/aromatic N) is 1. The molecule has 0 atom stereocenters. The summed E-state index contributed by atoms with van der Waals surface area (Å²) >= 11 is 6.06. The highest BCUT2D eigenvalue weighted by Gasteiger charge is 2.20. The number of esters is 1. The molecule has 3 rings (SSSR count). The van der Waals surface area contributed by atoms with Crippen molar-refractivity contribution in [1.82, 2.24) is 4.90 Å². The van der Waals surface area contributed by atoms with Crippen LogP contribution in [0.3, 0.4) is 0 Å². The highest BCUT2D eigenvalue weighted by atomic mass is 35.5. The number of amides is 2. The van der Waals surface area contributed by atoms with Crippen molar-refractivity contribution in [3.63, 3.8) is 0 Å². The summed E-state index contributed by atoms with van der Waals surface area (Å²) in [6, 6.07) is 11.2. The maximum atomic E-state index is 12.5. The van der Waals surface area contributed by atoms with Crippen LogP contribution in [0.15, 0.2) is 42.5 Å². The molecule has 1 heterocycles. The molecule has 0 bridgehead atoms. The van der Waals surface area contributed by atoms with Crippen molar-refractivity contribution in [3.8, 4) is 11.5 Å². The summed E-state index contributed by atoms with van der Waals surface area (Å²) in [4.78, 5) is 38.7. The SMILES string of the molecule is COc1ccc(NC(=O)COc2ccccc2C(=O)OCC(=O)N2CCCCC2)cc1Cl. The topological polar surface area (TPSA) is 94.2 Å². The molecular weight excluding hydrogens is 436 g/mol. The largest absolute Gasteiger partial charge is 0.495 e. The Labute approximate surface area is 191 Å². The third kappa shape index (κ3) is 6.37.